The van der Waals surface area contributed by atoms with Crippen molar-refractivity contribution in [3.05, 3.63) is 69.7 Å². The van der Waals surface area contributed by atoms with Crippen molar-refractivity contribution in [1.29, 1.82) is 0 Å². The number of alkyl carbamates (subject to hydrolysis) is 1. The van der Waals surface area contributed by atoms with Crippen LogP contribution in [0.5, 0.6) is 0 Å². The molecule has 1 aliphatic rings. The van der Waals surface area contributed by atoms with Gasteiger partial charge in [0.15, 0.2) is 0 Å². The highest BCUT2D eigenvalue weighted by atomic mass is 79.9. The Bertz CT molecular complexity index is 1030. The zero-order valence-electron chi connectivity index (χ0n) is 20.2. The number of carbonyl (C=O) groups excluding carboxylic acids is 3. The molecule has 1 unspecified atom stereocenters. The lowest BCUT2D eigenvalue weighted by atomic mass is 9.79. The molecular formula is C26H32BrN3O4. The molecule has 0 aliphatic heterocycles. The van der Waals surface area contributed by atoms with Gasteiger partial charge in [0.2, 0.25) is 0 Å². The molecule has 0 fully saturated rings. The highest BCUT2D eigenvalue weighted by Gasteiger charge is 2.30. The number of allylic oxidation sites excluding steroid dienone is 1. The summed E-state index contributed by atoms with van der Waals surface area (Å²) in [6.45, 7) is 7.57. The number of hydrogen-bond acceptors (Lipinski definition) is 5. The van der Waals surface area contributed by atoms with Gasteiger partial charge in [-0.15, -0.1) is 0 Å². The Balaban J connectivity index is 0.000000379. The molecule has 182 valence electrons. The average Bonchev–Trinajstić information content (AvgIpc) is 2.78. The van der Waals surface area contributed by atoms with Gasteiger partial charge in [-0.05, 0) is 76.1 Å². The molecule has 0 spiro atoms. The van der Waals surface area contributed by atoms with E-state index in [4.69, 9.17) is 4.74 Å². The first-order chi connectivity index (χ1) is 16.0. The highest BCUT2D eigenvalue weighted by Crippen LogP contribution is 2.33. The van der Waals surface area contributed by atoms with Crippen LogP contribution in [0.4, 0.5) is 16.2 Å². The number of nitrogens with one attached hydrogen (secondary N) is 3. The third-order valence-electron chi connectivity index (χ3n) is 5.08. The number of carbonyl (C=O) groups is 3. The molecule has 2 aromatic rings. The van der Waals surface area contributed by atoms with E-state index in [2.05, 4.69) is 31.9 Å². The molecule has 0 aromatic heterocycles. The number of halogens is 1. The number of benzene rings is 2. The standard InChI is InChI=1S/C19H24N2O4.C7H8BrN/c1-12-14(11-22)9-16(12)17(23)21-15-7-5-13(6-8-15)10-20-18(24)25-19(2,3)4;1-9-7-4-2-6(8)3-5-7/h5-8,11,14H,9-10H2,1-4H3,(H,20,24)(H,21,23);2-5,9H,1H3. The lowest BCUT2D eigenvalue weighted by Crippen LogP contribution is -2.32. The number of ether oxygens (including phenoxy) is 1. The largest absolute Gasteiger partial charge is 0.444 e. The summed E-state index contributed by atoms with van der Waals surface area (Å²) in [5.41, 5.74) is 3.68. The van der Waals surface area contributed by atoms with Crippen LogP contribution in [-0.2, 0) is 20.9 Å². The topological polar surface area (TPSA) is 96.5 Å². The predicted octanol–water partition coefficient (Wildman–Crippen LogP) is 5.68. The van der Waals surface area contributed by atoms with E-state index >= 15 is 0 Å². The Morgan fingerprint density at radius 3 is 2.15 bits per heavy atom. The lowest BCUT2D eigenvalue weighted by Gasteiger charge is -2.26. The molecule has 0 bridgehead atoms. The molecule has 2 amide bonds. The molecule has 3 rings (SSSR count). The Hall–Kier alpha value is -3.13. The van der Waals surface area contributed by atoms with Gasteiger partial charge in [0.1, 0.15) is 11.9 Å². The minimum absolute atomic E-state index is 0.123. The molecule has 8 heteroatoms. The van der Waals surface area contributed by atoms with E-state index in [-0.39, 0.29) is 11.8 Å². The molecule has 1 atom stereocenters. The lowest BCUT2D eigenvalue weighted by molar-refractivity contribution is -0.114. The molecular weight excluding hydrogens is 498 g/mol. The van der Waals surface area contributed by atoms with Crippen LogP contribution in [0.25, 0.3) is 0 Å². The van der Waals surface area contributed by atoms with Crippen LogP contribution in [-0.4, -0.2) is 30.9 Å². The van der Waals surface area contributed by atoms with Crippen molar-refractivity contribution in [1.82, 2.24) is 5.32 Å². The van der Waals surface area contributed by atoms with E-state index in [9.17, 15) is 14.4 Å². The minimum Gasteiger partial charge on any atom is -0.444 e. The molecule has 0 heterocycles. The quantitative estimate of drug-likeness (QED) is 0.418. The maximum Gasteiger partial charge on any atom is 0.407 e. The van der Waals surface area contributed by atoms with Crippen molar-refractivity contribution < 1.29 is 19.1 Å². The van der Waals surface area contributed by atoms with Crippen LogP contribution in [0.2, 0.25) is 0 Å². The third kappa shape index (κ3) is 8.67. The second kappa shape index (κ2) is 12.4. The van der Waals surface area contributed by atoms with Crippen molar-refractivity contribution in [3.63, 3.8) is 0 Å². The van der Waals surface area contributed by atoms with E-state index in [1.807, 2.05) is 50.4 Å². The summed E-state index contributed by atoms with van der Waals surface area (Å²) < 4.78 is 6.28. The molecule has 34 heavy (non-hydrogen) atoms. The Kier molecular flexibility index (Phi) is 9.86. The summed E-state index contributed by atoms with van der Waals surface area (Å²) in [5, 5.41) is 8.53. The van der Waals surface area contributed by atoms with Gasteiger partial charge in [0.05, 0.1) is 0 Å². The van der Waals surface area contributed by atoms with E-state index < -0.39 is 11.7 Å². The molecule has 0 saturated carbocycles. The maximum atomic E-state index is 12.1. The Labute approximate surface area is 209 Å². The predicted molar refractivity (Wildman–Crippen MR) is 139 cm³/mol. The molecule has 3 N–H and O–H groups in total. The summed E-state index contributed by atoms with van der Waals surface area (Å²) >= 11 is 3.35. The normalized spacial score (nSPS) is 14.7. The Morgan fingerprint density at radius 1 is 1.06 bits per heavy atom. The van der Waals surface area contributed by atoms with Crippen molar-refractivity contribution in [3.8, 4) is 0 Å². The first kappa shape index (κ1) is 27.1. The van der Waals surface area contributed by atoms with Crippen molar-refractivity contribution in [2.24, 2.45) is 5.92 Å². The van der Waals surface area contributed by atoms with Crippen LogP contribution in [0.1, 0.15) is 39.7 Å². The smallest absolute Gasteiger partial charge is 0.407 e. The SMILES string of the molecule is CC1=C(C(=O)Nc2ccc(CNC(=O)OC(C)(C)C)cc2)CC1C=O.CNc1ccc(Br)cc1. The molecule has 0 radical (unpaired) electrons. The average molecular weight is 530 g/mol. The molecule has 1 aliphatic carbocycles. The fraction of sp³-hybridized carbons (Fsp3) is 0.346. The number of hydrogen-bond donors (Lipinski definition) is 3. The van der Waals surface area contributed by atoms with Crippen LogP contribution in [0.15, 0.2) is 64.1 Å². The fourth-order valence-corrected chi connectivity index (χ4v) is 3.33. The molecule has 2 aromatic carbocycles. The monoisotopic (exact) mass is 529 g/mol. The summed E-state index contributed by atoms with van der Waals surface area (Å²) in [6.07, 6.45) is 0.902. The summed E-state index contributed by atoms with van der Waals surface area (Å²) in [7, 11) is 1.91. The first-order valence-corrected chi connectivity index (χ1v) is 11.8. The van der Waals surface area contributed by atoms with Crippen LogP contribution in [0, 0.1) is 5.92 Å². The second-order valence-electron chi connectivity index (χ2n) is 8.87. The third-order valence-corrected chi connectivity index (χ3v) is 5.60. The van der Waals surface area contributed by atoms with Gasteiger partial charge in [-0.25, -0.2) is 4.79 Å². The van der Waals surface area contributed by atoms with Crippen molar-refractivity contribution in [2.45, 2.75) is 46.3 Å². The number of anilines is 2. The number of amides is 2. The van der Waals surface area contributed by atoms with E-state index in [0.29, 0.717) is 24.2 Å². The van der Waals surface area contributed by atoms with Gasteiger partial charge in [-0.3, -0.25) is 4.79 Å². The molecule has 0 saturated heterocycles. The summed E-state index contributed by atoms with van der Waals surface area (Å²) in [5.74, 6) is -0.294. The van der Waals surface area contributed by atoms with Crippen molar-refractivity contribution in [2.75, 3.05) is 17.7 Å². The van der Waals surface area contributed by atoms with Gasteiger partial charge >= 0.3 is 6.09 Å². The Morgan fingerprint density at radius 2 is 1.65 bits per heavy atom. The zero-order chi connectivity index (χ0) is 25.3. The van der Waals surface area contributed by atoms with Crippen LogP contribution < -0.4 is 16.0 Å². The van der Waals surface area contributed by atoms with E-state index in [1.54, 1.807) is 32.9 Å². The highest BCUT2D eigenvalue weighted by molar-refractivity contribution is 9.10. The van der Waals surface area contributed by atoms with E-state index in [1.165, 1.54) is 0 Å². The second-order valence-corrected chi connectivity index (χ2v) is 9.79. The fourth-order valence-electron chi connectivity index (χ4n) is 3.07. The molecule has 7 nitrogen and oxygen atoms in total. The van der Waals surface area contributed by atoms with Gasteiger partial charge in [-0.1, -0.05) is 33.6 Å². The maximum absolute atomic E-state index is 12.1. The number of rotatable bonds is 6. The zero-order valence-corrected chi connectivity index (χ0v) is 21.8. The van der Waals surface area contributed by atoms with Gasteiger partial charge in [0, 0.05) is 40.9 Å². The minimum atomic E-state index is -0.532. The summed E-state index contributed by atoms with van der Waals surface area (Å²) in [4.78, 5) is 34.5. The van der Waals surface area contributed by atoms with Crippen LogP contribution >= 0.6 is 15.9 Å². The van der Waals surface area contributed by atoms with Crippen LogP contribution in [0.3, 0.4) is 0 Å². The summed E-state index contributed by atoms with van der Waals surface area (Å²) in [6, 6.07) is 15.2. The number of aldehydes is 1. The van der Waals surface area contributed by atoms with Gasteiger partial charge < -0.3 is 25.5 Å². The first-order valence-electron chi connectivity index (χ1n) is 11.0. The van der Waals surface area contributed by atoms with Gasteiger partial charge in [0.25, 0.3) is 5.91 Å². The van der Waals surface area contributed by atoms with E-state index in [0.717, 1.165) is 27.6 Å². The van der Waals surface area contributed by atoms with Gasteiger partial charge in [-0.2, -0.15) is 0 Å². The van der Waals surface area contributed by atoms with Crippen molar-refractivity contribution >= 4 is 45.6 Å².